The number of ether oxygens (including phenoxy) is 2. The van der Waals surface area contributed by atoms with E-state index in [0.717, 1.165) is 44.7 Å². The molecule has 0 atom stereocenters. The van der Waals surface area contributed by atoms with Crippen LogP contribution in [0.3, 0.4) is 0 Å². The van der Waals surface area contributed by atoms with Gasteiger partial charge in [-0.2, -0.15) is 5.10 Å². The van der Waals surface area contributed by atoms with Crippen molar-refractivity contribution in [3.63, 3.8) is 0 Å². The van der Waals surface area contributed by atoms with Crippen molar-refractivity contribution >= 4 is 28.8 Å². The first kappa shape index (κ1) is 26.3. The van der Waals surface area contributed by atoms with Crippen LogP contribution in [0, 0.1) is 13.8 Å². The highest BCUT2D eigenvalue weighted by atomic mass is 32.2. The molecule has 5 rings (SSSR count). The van der Waals surface area contributed by atoms with Crippen LogP contribution < -0.4 is 14.4 Å². The summed E-state index contributed by atoms with van der Waals surface area (Å²) < 4.78 is 47.8. The van der Waals surface area contributed by atoms with Gasteiger partial charge < -0.3 is 14.4 Å². The van der Waals surface area contributed by atoms with E-state index >= 15 is 0 Å². The molecule has 0 aliphatic carbocycles. The number of anilines is 1. The van der Waals surface area contributed by atoms with E-state index < -0.39 is 6.36 Å². The highest BCUT2D eigenvalue weighted by Gasteiger charge is 2.31. The Balaban J connectivity index is 1.24. The van der Waals surface area contributed by atoms with E-state index in [-0.39, 0.29) is 5.75 Å². The molecule has 0 radical (unpaired) electrons. The zero-order valence-electron chi connectivity index (χ0n) is 21.2. The van der Waals surface area contributed by atoms with Crippen LogP contribution in [0.2, 0.25) is 0 Å². The summed E-state index contributed by atoms with van der Waals surface area (Å²) >= 11 is 1.63. The van der Waals surface area contributed by atoms with Gasteiger partial charge in [0.05, 0.1) is 24.9 Å². The monoisotopic (exact) mass is 552 g/mol. The van der Waals surface area contributed by atoms with Crippen molar-refractivity contribution < 1.29 is 22.6 Å². The van der Waals surface area contributed by atoms with Crippen LogP contribution in [0.25, 0.3) is 17.1 Å². The number of benzene rings is 3. The lowest BCUT2D eigenvalue weighted by molar-refractivity contribution is -0.274. The summed E-state index contributed by atoms with van der Waals surface area (Å²) in [6.07, 6.45) is -1.56. The number of methoxy groups -OCH3 is 1. The van der Waals surface area contributed by atoms with E-state index in [1.165, 1.54) is 35.3 Å². The van der Waals surface area contributed by atoms with Gasteiger partial charge in [-0.05, 0) is 66.9 Å². The quantitative estimate of drug-likeness (QED) is 0.196. The molecule has 200 valence electrons. The van der Waals surface area contributed by atoms with Crippen LogP contribution in [0.15, 0.2) is 77.2 Å². The zero-order chi connectivity index (χ0) is 27.6. The lowest BCUT2D eigenvalue weighted by Gasteiger charge is -2.35. The van der Waals surface area contributed by atoms with Gasteiger partial charge in [-0.25, -0.2) is 9.67 Å². The Morgan fingerprint density at radius 3 is 2.26 bits per heavy atom. The first-order valence-corrected chi connectivity index (χ1v) is 12.7. The van der Waals surface area contributed by atoms with E-state index in [1.807, 2.05) is 36.4 Å². The van der Waals surface area contributed by atoms with Crippen molar-refractivity contribution in [2.24, 2.45) is 10.2 Å². The van der Waals surface area contributed by atoms with Crippen LogP contribution in [-0.4, -0.2) is 45.5 Å². The predicted molar refractivity (Wildman–Crippen MR) is 146 cm³/mol. The van der Waals surface area contributed by atoms with Gasteiger partial charge >= 0.3 is 6.36 Å². The number of aromatic nitrogens is 3. The first-order chi connectivity index (χ1) is 18.7. The fourth-order valence-corrected chi connectivity index (χ4v) is 4.77. The van der Waals surface area contributed by atoms with Crippen LogP contribution in [0.4, 0.5) is 18.9 Å². The summed E-state index contributed by atoms with van der Waals surface area (Å²) in [6.45, 7) is 4.11. The number of aryl methyl sites for hydroxylation is 2. The standard InChI is InChI=1S/C27H23F3N6O2S/c1-17-12-23(37-3)13-18(2)24(17)35-16-39-26(35)33-32-14-19-4-6-20(7-5-19)25-31-15-36(34-25)21-8-10-22(11-9-21)38-27(28,29)30/h4-15H,16H2,1-3H3/b32-14-,33-26+. The van der Waals surface area contributed by atoms with Crippen molar-refractivity contribution in [2.45, 2.75) is 20.2 Å². The average Bonchev–Trinajstić information content (AvgIpc) is 3.38. The maximum atomic E-state index is 12.4. The van der Waals surface area contributed by atoms with Crippen LogP contribution in [0.1, 0.15) is 16.7 Å². The molecule has 0 N–H and O–H groups in total. The Labute approximate surface area is 226 Å². The number of hydrogen-bond acceptors (Lipinski definition) is 7. The second-order valence-corrected chi connectivity index (χ2v) is 9.53. The van der Waals surface area contributed by atoms with Crippen LogP contribution in [0.5, 0.6) is 11.5 Å². The highest BCUT2D eigenvalue weighted by Crippen LogP contribution is 2.37. The number of halogens is 3. The molecule has 3 aromatic carbocycles. The third-order valence-electron chi connectivity index (χ3n) is 5.87. The lowest BCUT2D eigenvalue weighted by Crippen LogP contribution is -2.39. The molecule has 8 nitrogen and oxygen atoms in total. The molecule has 0 unspecified atom stereocenters. The Hall–Kier alpha value is -4.32. The van der Waals surface area contributed by atoms with Gasteiger partial charge in [0.1, 0.15) is 17.8 Å². The third kappa shape index (κ3) is 6.06. The molecule has 0 amide bonds. The normalized spacial score (nSPS) is 14.6. The second-order valence-electron chi connectivity index (χ2n) is 8.61. The van der Waals surface area contributed by atoms with E-state index in [1.54, 1.807) is 25.1 Å². The summed E-state index contributed by atoms with van der Waals surface area (Å²) in [7, 11) is 1.66. The minimum absolute atomic E-state index is 0.302. The van der Waals surface area contributed by atoms with Gasteiger partial charge in [-0.1, -0.05) is 36.0 Å². The molecule has 1 saturated heterocycles. The minimum Gasteiger partial charge on any atom is -0.497 e. The molecule has 1 aliphatic heterocycles. The van der Waals surface area contributed by atoms with Crippen molar-refractivity contribution in [1.29, 1.82) is 0 Å². The smallest absolute Gasteiger partial charge is 0.497 e. The van der Waals surface area contributed by atoms with Crippen LogP contribution in [-0.2, 0) is 0 Å². The number of nitrogens with zero attached hydrogens (tertiary/aromatic N) is 6. The summed E-state index contributed by atoms with van der Waals surface area (Å²) in [4.78, 5) is 6.44. The summed E-state index contributed by atoms with van der Waals surface area (Å²) in [5.41, 5.74) is 5.53. The number of amidine groups is 1. The molecule has 1 aromatic heterocycles. The molecule has 0 bridgehead atoms. The number of thioether (sulfide) groups is 1. The first-order valence-electron chi connectivity index (χ1n) is 11.7. The molecular formula is C27H23F3N6O2S. The molecule has 1 fully saturated rings. The van der Waals surface area contributed by atoms with E-state index in [9.17, 15) is 13.2 Å². The Bertz CT molecular complexity index is 1510. The molecule has 0 spiro atoms. The molecule has 12 heteroatoms. The maximum absolute atomic E-state index is 12.4. The SMILES string of the molecule is COc1cc(C)c(N2CS/C2=N/N=C\c2ccc(-c3ncn(-c4ccc(OC(F)(F)F)cc4)n3)cc2)c(C)c1. The van der Waals surface area contributed by atoms with Crippen LogP contribution >= 0.6 is 11.8 Å². The summed E-state index contributed by atoms with van der Waals surface area (Å²) in [5, 5.41) is 13.9. The third-order valence-corrected chi connectivity index (χ3v) is 6.82. The molecular weight excluding hydrogens is 529 g/mol. The summed E-state index contributed by atoms with van der Waals surface area (Å²) in [6, 6.07) is 16.9. The van der Waals surface area contributed by atoms with Gasteiger partial charge in [-0.3, -0.25) is 0 Å². The molecule has 39 heavy (non-hydrogen) atoms. The van der Waals surface area contributed by atoms with Gasteiger partial charge in [0.2, 0.25) is 0 Å². The Kier molecular flexibility index (Phi) is 7.29. The van der Waals surface area contributed by atoms with Gasteiger partial charge in [-0.15, -0.1) is 23.4 Å². The molecule has 1 aliphatic rings. The molecule has 4 aromatic rings. The highest BCUT2D eigenvalue weighted by molar-refractivity contribution is 8.16. The largest absolute Gasteiger partial charge is 0.573 e. The van der Waals surface area contributed by atoms with E-state index in [0.29, 0.717) is 11.5 Å². The van der Waals surface area contributed by atoms with E-state index in [2.05, 4.69) is 43.8 Å². The van der Waals surface area contributed by atoms with Gasteiger partial charge in [0.15, 0.2) is 11.0 Å². The predicted octanol–water partition coefficient (Wildman–Crippen LogP) is 6.36. The summed E-state index contributed by atoms with van der Waals surface area (Å²) in [5.74, 6) is 1.81. The van der Waals surface area contributed by atoms with Crippen molar-refractivity contribution in [3.05, 3.63) is 83.7 Å². The Morgan fingerprint density at radius 1 is 0.974 bits per heavy atom. The lowest BCUT2D eigenvalue weighted by atomic mass is 10.1. The van der Waals surface area contributed by atoms with Gasteiger partial charge in [0.25, 0.3) is 0 Å². The minimum atomic E-state index is -4.74. The molecule has 0 saturated carbocycles. The molecule has 2 heterocycles. The number of alkyl halides is 3. The fourth-order valence-electron chi connectivity index (χ4n) is 4.07. The zero-order valence-corrected chi connectivity index (χ0v) is 22.0. The van der Waals surface area contributed by atoms with Crippen molar-refractivity contribution in [2.75, 3.05) is 17.9 Å². The topological polar surface area (TPSA) is 77.1 Å². The maximum Gasteiger partial charge on any atom is 0.573 e. The fraction of sp³-hybridized carbons (Fsp3) is 0.185. The Morgan fingerprint density at radius 2 is 1.67 bits per heavy atom. The van der Waals surface area contributed by atoms with Crippen molar-refractivity contribution in [1.82, 2.24) is 14.8 Å². The van der Waals surface area contributed by atoms with E-state index in [4.69, 9.17) is 4.74 Å². The average molecular weight is 553 g/mol. The second kappa shape index (κ2) is 10.8. The van der Waals surface area contributed by atoms with Gasteiger partial charge in [0, 0.05) is 11.3 Å². The van der Waals surface area contributed by atoms with Crippen molar-refractivity contribution in [3.8, 4) is 28.6 Å². The number of rotatable bonds is 7. The number of hydrogen-bond donors (Lipinski definition) is 0.